The van der Waals surface area contributed by atoms with Gasteiger partial charge in [0.15, 0.2) is 52.0 Å². The number of Topliss-reactive ketones (excluding diaryl/α,β-unsaturated/α-hetero) is 1. The lowest BCUT2D eigenvalue weighted by Crippen LogP contribution is -2.04. The predicted molar refractivity (Wildman–Crippen MR) is 537 cm³/mol. The fourth-order valence-corrected chi connectivity index (χ4v) is 13.9. The molecule has 0 aliphatic rings. The number of hydrogen-bond donors (Lipinski definition) is 0. The molecule has 0 heterocycles. The van der Waals surface area contributed by atoms with Crippen molar-refractivity contribution < 1.29 is 81.0 Å². The maximum atomic E-state index is 13.0. The monoisotopic (exact) mass is 1820 g/mol. The van der Waals surface area contributed by atoms with Crippen molar-refractivity contribution in [3.63, 3.8) is 0 Å². The van der Waals surface area contributed by atoms with Gasteiger partial charge in [-0.3, -0.25) is 43.2 Å². The first kappa shape index (κ1) is 97.7. The second-order valence-corrected chi connectivity index (χ2v) is 32.0. The Hall–Kier alpha value is -17.8. The number of ether oxygens (including phenoxy) is 8. The number of hydrogen-bond acceptors (Lipinski definition) is 17. The van der Waals surface area contributed by atoms with E-state index >= 15 is 0 Å². The molecule has 0 saturated heterocycles. The molecule has 0 aliphatic heterocycles. The van der Waals surface area contributed by atoms with E-state index in [1.54, 1.807) is 320 Å². The molecule has 17 nitrogen and oxygen atoms in total. The van der Waals surface area contributed by atoms with E-state index < -0.39 is 0 Å². The number of methoxy groups -OCH3 is 4. The van der Waals surface area contributed by atoms with Gasteiger partial charge in [0, 0.05) is 94.6 Å². The smallest absolute Gasteiger partial charge is 0.193 e. The summed E-state index contributed by atoms with van der Waals surface area (Å²) in [5.41, 5.74) is 15.6. The molecule has 0 aromatic heterocycles. The highest BCUT2D eigenvalue weighted by atomic mass is 16.5. The Morgan fingerprint density at radius 2 is 0.217 bits per heavy atom. The number of benzene rings is 17. The zero-order chi connectivity index (χ0) is 97.6. The first-order valence-corrected chi connectivity index (χ1v) is 44.1. The summed E-state index contributed by atoms with van der Waals surface area (Å²) in [7, 11) is 6.37. The van der Waals surface area contributed by atoms with Crippen molar-refractivity contribution in [1.29, 1.82) is 0 Å². The molecular weight excluding hydrogens is 1730 g/mol. The lowest BCUT2D eigenvalue weighted by atomic mass is 9.98. The second-order valence-electron chi connectivity index (χ2n) is 32.0. The Balaban J connectivity index is 0.000000149. The van der Waals surface area contributed by atoms with Crippen LogP contribution in [0.2, 0.25) is 0 Å². The zero-order valence-electron chi connectivity index (χ0n) is 77.7. The van der Waals surface area contributed by atoms with Gasteiger partial charge in [-0.15, -0.1) is 0 Å². The third kappa shape index (κ3) is 27.2. The molecule has 17 heteroatoms. The normalized spacial score (nSPS) is 10.4. The molecule has 0 aliphatic carbocycles. The fraction of sp³-hybridized carbons (Fsp3) is 0.0826. The highest BCUT2D eigenvalue weighted by Gasteiger charge is 2.20. The Morgan fingerprint density at radius 3 is 0.333 bits per heavy atom. The average Bonchev–Trinajstić information content (AvgIpc) is 0.828. The van der Waals surface area contributed by atoms with Crippen molar-refractivity contribution in [3.05, 3.63) is 535 Å². The maximum Gasteiger partial charge on any atom is 0.193 e. The number of carbonyl (C=O) groups excluding carboxylic acids is 9. The van der Waals surface area contributed by atoms with Crippen LogP contribution in [0.3, 0.4) is 0 Å². The highest BCUT2D eigenvalue weighted by Crippen LogP contribution is 2.31. The molecule has 0 unspecified atom stereocenters. The standard InChI is InChI=1S/C35H26O5.C28H22O4.C22H18O3.C21H18O3.C15H14O2/c1-23-3-15-30(16-4-23)39-31-17-11-28(12-18-31)35(38)29-13-21-33(22-14-29)40-32-19-9-27(10-20-32)34(37)26-7-5-25(6-8-26)24(2)36;1-19-3-13-25(14-4-19)32-26-17-11-23(12-18-26)28(30)21-7-5-20(6-8-21)27(29)22-9-15-24(31-2)16-10-22;1-15-3-5-16(6-4-15)21(23)17-7-9-18(10-8-17)22(24)19-11-13-20(25-2)14-12-19;1-15-3-9-19(10-4-15)24-20-13-7-17(8-14-20)21(22)16-5-11-18(23-2)12-6-16;1-11-3-5-12(6-4-11)15(16)13-7-9-14(17-2)10-8-13/h3-22H,1-2H3;3-18H,1-2H3;3-14H,1-2H3;3-14H,1-2H3;3-10H,1-2H3. The van der Waals surface area contributed by atoms with Gasteiger partial charge in [-0.2, -0.15) is 0 Å². The average molecular weight is 1820 g/mol. The van der Waals surface area contributed by atoms with Crippen molar-refractivity contribution in [2.75, 3.05) is 28.4 Å². The summed E-state index contributed by atoms with van der Waals surface area (Å²) >= 11 is 0. The van der Waals surface area contributed by atoms with Crippen LogP contribution in [-0.4, -0.2) is 80.5 Å². The van der Waals surface area contributed by atoms with Crippen molar-refractivity contribution in [3.8, 4) is 69.0 Å². The number of aryl methyl sites for hydroxylation is 5. The van der Waals surface area contributed by atoms with Crippen LogP contribution >= 0.6 is 0 Å². The van der Waals surface area contributed by atoms with Crippen LogP contribution < -0.4 is 37.9 Å². The molecule has 17 aromatic rings. The minimum atomic E-state index is -0.140. The van der Waals surface area contributed by atoms with Crippen molar-refractivity contribution >= 4 is 52.0 Å². The summed E-state index contributed by atoms with van der Waals surface area (Å²) in [6, 6.07) is 122. The lowest BCUT2D eigenvalue weighted by molar-refractivity contribution is 0.101. The third-order valence-electron chi connectivity index (χ3n) is 22.0. The molecule has 0 bridgehead atoms. The van der Waals surface area contributed by atoms with Gasteiger partial charge >= 0.3 is 0 Å². The molecule has 0 spiro atoms. The lowest BCUT2D eigenvalue weighted by Gasteiger charge is -2.09. The van der Waals surface area contributed by atoms with Crippen LogP contribution in [0.5, 0.6) is 69.0 Å². The summed E-state index contributed by atoms with van der Waals surface area (Å²) in [6.07, 6.45) is 0. The Bertz CT molecular complexity index is 7030. The Kier molecular flexibility index (Phi) is 33.6. The van der Waals surface area contributed by atoms with Gasteiger partial charge in [0.05, 0.1) is 28.4 Å². The van der Waals surface area contributed by atoms with Gasteiger partial charge in [-0.25, -0.2) is 0 Å². The van der Waals surface area contributed by atoms with E-state index in [-0.39, 0.29) is 52.0 Å². The number of ketones is 9. The summed E-state index contributed by atoms with van der Waals surface area (Å²) in [5.74, 6) is 7.63. The number of rotatable bonds is 29. The van der Waals surface area contributed by atoms with Gasteiger partial charge < -0.3 is 37.9 Å². The van der Waals surface area contributed by atoms with E-state index in [1.165, 1.54) is 12.5 Å². The molecule has 138 heavy (non-hydrogen) atoms. The quantitative estimate of drug-likeness (QED) is 0.0397. The van der Waals surface area contributed by atoms with Crippen LogP contribution in [0.4, 0.5) is 0 Å². The van der Waals surface area contributed by atoms with Crippen LogP contribution in [0.25, 0.3) is 0 Å². The summed E-state index contributed by atoms with van der Waals surface area (Å²) in [6.45, 7) is 11.5. The molecule has 0 atom stereocenters. The van der Waals surface area contributed by atoms with Gasteiger partial charge in [-0.05, 0) is 296 Å². The van der Waals surface area contributed by atoms with Gasteiger partial charge in [-0.1, -0.05) is 186 Å². The molecular formula is C121H98O17. The highest BCUT2D eigenvalue weighted by molar-refractivity contribution is 6.15. The molecule has 17 rings (SSSR count). The van der Waals surface area contributed by atoms with E-state index in [2.05, 4.69) is 0 Å². The predicted octanol–water partition coefficient (Wildman–Crippen LogP) is 27.2. The third-order valence-corrected chi connectivity index (χ3v) is 22.0. The first-order chi connectivity index (χ1) is 66.8. The SMILES string of the molecule is CC(=O)c1ccc(C(=O)c2ccc(Oc3ccc(C(=O)c4ccc(Oc5ccc(C)cc5)cc4)cc3)cc2)cc1.COc1ccc(C(=O)c2ccc(C(=O)c3ccc(C)cc3)cc2)cc1.COc1ccc(C(=O)c2ccc(C(=O)c3ccc(Oc4ccc(C)cc4)cc3)cc2)cc1.COc1ccc(C(=O)c2ccc(C)cc2)cc1.COc1ccc(C(=O)c2ccc(Oc3ccc(C)cc3)cc2)cc1. The van der Waals surface area contributed by atoms with Crippen molar-refractivity contribution in [2.24, 2.45) is 0 Å². The fourth-order valence-electron chi connectivity index (χ4n) is 13.9. The van der Waals surface area contributed by atoms with E-state index in [0.717, 1.165) is 51.0 Å². The van der Waals surface area contributed by atoms with E-state index in [9.17, 15) is 43.2 Å². The zero-order valence-corrected chi connectivity index (χ0v) is 77.7. The summed E-state index contributed by atoms with van der Waals surface area (Å²) in [4.78, 5) is 112. The maximum absolute atomic E-state index is 13.0. The Labute approximate surface area is 802 Å². The van der Waals surface area contributed by atoms with E-state index in [4.69, 9.17) is 37.9 Å². The minimum absolute atomic E-state index is 0.0282. The van der Waals surface area contributed by atoms with Crippen LogP contribution in [-0.2, 0) is 0 Å². The van der Waals surface area contributed by atoms with Gasteiger partial charge in [0.2, 0.25) is 0 Å². The van der Waals surface area contributed by atoms with Crippen molar-refractivity contribution in [2.45, 2.75) is 41.5 Å². The molecule has 17 aromatic carbocycles. The van der Waals surface area contributed by atoms with Gasteiger partial charge in [0.1, 0.15) is 69.0 Å². The van der Waals surface area contributed by atoms with Crippen LogP contribution in [0.1, 0.15) is 172 Å². The summed E-state index contributed by atoms with van der Waals surface area (Å²) in [5, 5.41) is 0. The first-order valence-electron chi connectivity index (χ1n) is 44.1. The van der Waals surface area contributed by atoms with Crippen LogP contribution in [0, 0.1) is 34.6 Å². The largest absolute Gasteiger partial charge is 0.497 e. The summed E-state index contributed by atoms with van der Waals surface area (Å²) < 4.78 is 43.7. The molecule has 0 N–H and O–H groups in total. The Morgan fingerprint density at radius 1 is 0.130 bits per heavy atom. The second kappa shape index (κ2) is 47.5. The van der Waals surface area contributed by atoms with Crippen molar-refractivity contribution in [1.82, 2.24) is 0 Å². The van der Waals surface area contributed by atoms with E-state index in [0.29, 0.717) is 135 Å². The molecule has 0 fully saturated rings. The topological polar surface area (TPSA) is 227 Å². The molecule has 684 valence electrons. The van der Waals surface area contributed by atoms with Crippen LogP contribution in [0.15, 0.2) is 413 Å². The molecule has 0 amide bonds. The molecule has 0 saturated carbocycles. The number of carbonyl (C=O) groups is 9. The van der Waals surface area contributed by atoms with E-state index in [1.807, 2.05) is 156 Å². The van der Waals surface area contributed by atoms with Gasteiger partial charge in [0.25, 0.3) is 0 Å². The molecule has 0 radical (unpaired) electrons. The minimum Gasteiger partial charge on any atom is -0.497 e.